The molecule has 188 valence electrons. The predicted molar refractivity (Wildman–Crippen MR) is 142 cm³/mol. The van der Waals surface area contributed by atoms with Gasteiger partial charge in [0.15, 0.2) is 5.58 Å². The minimum absolute atomic E-state index is 0.0318. The lowest BCUT2D eigenvalue weighted by Crippen LogP contribution is -2.06. The molecule has 0 aliphatic rings. The second-order valence-electron chi connectivity index (χ2n) is 8.91. The highest BCUT2D eigenvalue weighted by Gasteiger charge is 2.25. The standard InChI is InChI=1S/C30H20O8/c1-36-20-9-6-16-10-18(3-2-17(16)11-20)29-21(12-25(33)34)26-24(38-29)13-23(32)27-28(35)22(14-37-30(26)27)15-4-7-19(31)8-5-15/h2-11,13-14,31-32H,12H2,1H3,(H,33,34). The molecule has 0 saturated heterocycles. The number of methoxy groups -OCH3 is 1. The lowest BCUT2D eigenvalue weighted by atomic mass is 9.98. The van der Waals surface area contributed by atoms with Crippen molar-refractivity contribution in [2.24, 2.45) is 0 Å². The Morgan fingerprint density at radius 1 is 0.895 bits per heavy atom. The molecule has 0 radical (unpaired) electrons. The first-order valence-corrected chi connectivity index (χ1v) is 11.7. The molecular formula is C30H20O8. The summed E-state index contributed by atoms with van der Waals surface area (Å²) in [5.74, 6) is -0.388. The lowest BCUT2D eigenvalue weighted by Gasteiger charge is -2.07. The summed E-state index contributed by atoms with van der Waals surface area (Å²) < 4.78 is 17.3. The van der Waals surface area contributed by atoms with Gasteiger partial charge in [0.2, 0.25) is 5.43 Å². The van der Waals surface area contributed by atoms with E-state index in [-0.39, 0.29) is 33.6 Å². The molecule has 3 N–H and O–H groups in total. The number of furan rings is 1. The molecule has 4 aromatic carbocycles. The lowest BCUT2D eigenvalue weighted by molar-refractivity contribution is -0.136. The van der Waals surface area contributed by atoms with E-state index >= 15 is 0 Å². The number of rotatable bonds is 5. The van der Waals surface area contributed by atoms with Gasteiger partial charge in [0.05, 0.1) is 24.5 Å². The first-order valence-electron chi connectivity index (χ1n) is 11.7. The van der Waals surface area contributed by atoms with Crippen LogP contribution in [0, 0.1) is 0 Å². The molecule has 0 atom stereocenters. The van der Waals surface area contributed by atoms with E-state index < -0.39 is 17.8 Å². The number of ether oxygens (including phenoxy) is 1. The number of benzene rings is 4. The molecule has 0 aliphatic heterocycles. The quantitative estimate of drug-likeness (QED) is 0.256. The van der Waals surface area contributed by atoms with Crippen LogP contribution in [0.4, 0.5) is 0 Å². The molecule has 0 amide bonds. The maximum absolute atomic E-state index is 13.4. The number of phenols is 2. The average Bonchev–Trinajstić information content (AvgIpc) is 3.26. The van der Waals surface area contributed by atoms with Crippen LogP contribution in [-0.4, -0.2) is 28.4 Å². The molecule has 0 unspecified atom stereocenters. The van der Waals surface area contributed by atoms with E-state index in [4.69, 9.17) is 13.6 Å². The normalized spacial score (nSPS) is 11.4. The number of carbonyl (C=O) groups is 1. The SMILES string of the molecule is COc1ccc2cc(-c3oc4cc(O)c5c(=O)c(-c6ccc(O)cc6)coc5c4c3CC(=O)O)ccc2c1. The number of fused-ring (bicyclic) bond motifs is 4. The fourth-order valence-corrected chi connectivity index (χ4v) is 4.80. The molecule has 38 heavy (non-hydrogen) atoms. The highest BCUT2D eigenvalue weighted by molar-refractivity contribution is 6.10. The molecule has 6 rings (SSSR count). The van der Waals surface area contributed by atoms with E-state index in [1.807, 2.05) is 36.4 Å². The Kier molecular flexibility index (Phi) is 5.31. The second-order valence-corrected chi connectivity index (χ2v) is 8.91. The van der Waals surface area contributed by atoms with Crippen LogP contribution < -0.4 is 10.2 Å². The zero-order chi connectivity index (χ0) is 26.6. The van der Waals surface area contributed by atoms with Gasteiger partial charge in [-0.05, 0) is 46.7 Å². The molecular weight excluding hydrogens is 488 g/mol. The zero-order valence-electron chi connectivity index (χ0n) is 20.0. The maximum Gasteiger partial charge on any atom is 0.307 e. The van der Waals surface area contributed by atoms with E-state index in [0.29, 0.717) is 33.6 Å². The van der Waals surface area contributed by atoms with Crippen LogP contribution in [0.1, 0.15) is 5.56 Å². The third-order valence-electron chi connectivity index (χ3n) is 6.59. The summed E-state index contributed by atoms with van der Waals surface area (Å²) in [6, 6.07) is 18.5. The number of hydrogen-bond acceptors (Lipinski definition) is 7. The molecule has 8 nitrogen and oxygen atoms in total. The van der Waals surface area contributed by atoms with E-state index in [1.165, 1.54) is 24.5 Å². The summed E-state index contributed by atoms with van der Waals surface area (Å²) in [6.07, 6.45) is 0.864. The van der Waals surface area contributed by atoms with Gasteiger partial charge in [0.1, 0.15) is 40.2 Å². The van der Waals surface area contributed by atoms with Crippen molar-refractivity contribution in [1.82, 2.24) is 0 Å². The van der Waals surface area contributed by atoms with E-state index in [2.05, 4.69) is 0 Å². The van der Waals surface area contributed by atoms with Gasteiger partial charge >= 0.3 is 5.97 Å². The number of hydrogen-bond donors (Lipinski definition) is 3. The van der Waals surface area contributed by atoms with Crippen molar-refractivity contribution in [2.45, 2.75) is 6.42 Å². The summed E-state index contributed by atoms with van der Waals surface area (Å²) in [5, 5.41) is 32.2. The zero-order valence-corrected chi connectivity index (χ0v) is 20.0. The number of aliphatic carboxylic acids is 1. The van der Waals surface area contributed by atoms with E-state index in [9.17, 15) is 24.9 Å². The summed E-state index contributed by atoms with van der Waals surface area (Å²) in [5.41, 5.74) is 1.35. The van der Waals surface area contributed by atoms with Crippen molar-refractivity contribution in [3.05, 3.63) is 88.8 Å². The number of phenolic OH excluding ortho intramolecular Hbond substituents is 2. The van der Waals surface area contributed by atoms with Crippen LogP contribution in [-0.2, 0) is 11.2 Å². The Labute approximate surface area is 214 Å². The molecule has 6 aromatic rings. The van der Waals surface area contributed by atoms with Crippen LogP contribution >= 0.6 is 0 Å². The Bertz CT molecular complexity index is 1940. The Morgan fingerprint density at radius 2 is 1.61 bits per heavy atom. The minimum atomic E-state index is -1.09. The van der Waals surface area contributed by atoms with E-state index in [0.717, 1.165) is 10.8 Å². The smallest absolute Gasteiger partial charge is 0.307 e. The minimum Gasteiger partial charge on any atom is -0.508 e. The highest BCUT2D eigenvalue weighted by atomic mass is 16.5. The molecule has 0 bridgehead atoms. The van der Waals surface area contributed by atoms with Gasteiger partial charge in [-0.2, -0.15) is 0 Å². The summed E-state index contributed by atoms with van der Waals surface area (Å²) in [6.45, 7) is 0. The largest absolute Gasteiger partial charge is 0.508 e. The highest BCUT2D eigenvalue weighted by Crippen LogP contribution is 2.42. The molecule has 0 spiro atoms. The third kappa shape index (κ3) is 3.70. The monoisotopic (exact) mass is 508 g/mol. The van der Waals surface area contributed by atoms with Crippen molar-refractivity contribution in [1.29, 1.82) is 0 Å². The van der Waals surface area contributed by atoms with Gasteiger partial charge in [-0.25, -0.2) is 0 Å². The van der Waals surface area contributed by atoms with Crippen molar-refractivity contribution in [3.8, 4) is 39.7 Å². The number of carboxylic acid groups (broad SMARTS) is 1. The van der Waals surface area contributed by atoms with Gasteiger partial charge in [-0.15, -0.1) is 0 Å². The molecule has 2 heterocycles. The van der Waals surface area contributed by atoms with Crippen LogP contribution in [0.3, 0.4) is 0 Å². The fourth-order valence-electron chi connectivity index (χ4n) is 4.80. The Morgan fingerprint density at radius 3 is 2.34 bits per heavy atom. The molecule has 0 fully saturated rings. The van der Waals surface area contributed by atoms with Gasteiger partial charge < -0.3 is 28.9 Å². The van der Waals surface area contributed by atoms with Crippen molar-refractivity contribution < 1.29 is 33.7 Å². The van der Waals surface area contributed by atoms with Crippen LogP contribution in [0.25, 0.3) is 55.2 Å². The van der Waals surface area contributed by atoms with Gasteiger partial charge in [-0.1, -0.05) is 30.3 Å². The predicted octanol–water partition coefficient (Wildman–Crippen LogP) is 6.07. The summed E-state index contributed by atoms with van der Waals surface area (Å²) >= 11 is 0. The first kappa shape index (κ1) is 23.2. The van der Waals surface area contributed by atoms with Crippen molar-refractivity contribution in [2.75, 3.05) is 7.11 Å². The fraction of sp³-hybridized carbons (Fsp3) is 0.0667. The summed E-state index contributed by atoms with van der Waals surface area (Å²) in [7, 11) is 1.59. The summed E-state index contributed by atoms with van der Waals surface area (Å²) in [4.78, 5) is 25.3. The average molecular weight is 508 g/mol. The number of carboxylic acids is 1. The van der Waals surface area contributed by atoms with E-state index in [1.54, 1.807) is 19.2 Å². The Balaban J connectivity index is 1.62. The molecule has 8 heteroatoms. The Hall–Kier alpha value is -5.24. The molecule has 0 aliphatic carbocycles. The molecule has 0 saturated carbocycles. The van der Waals surface area contributed by atoms with Crippen molar-refractivity contribution >= 4 is 38.7 Å². The van der Waals surface area contributed by atoms with Gasteiger partial charge in [0, 0.05) is 17.2 Å². The maximum atomic E-state index is 13.4. The van der Waals surface area contributed by atoms with Crippen LogP contribution in [0.15, 0.2) is 86.6 Å². The second kappa shape index (κ2) is 8.70. The molecule has 2 aromatic heterocycles. The van der Waals surface area contributed by atoms with Crippen molar-refractivity contribution in [3.63, 3.8) is 0 Å². The number of aromatic hydroxyl groups is 2. The third-order valence-corrected chi connectivity index (χ3v) is 6.59. The van der Waals surface area contributed by atoms with Crippen LogP contribution in [0.5, 0.6) is 17.2 Å². The van der Waals surface area contributed by atoms with Gasteiger partial charge in [-0.3, -0.25) is 9.59 Å². The van der Waals surface area contributed by atoms with Crippen LogP contribution in [0.2, 0.25) is 0 Å². The topological polar surface area (TPSA) is 130 Å². The van der Waals surface area contributed by atoms with Gasteiger partial charge in [0.25, 0.3) is 0 Å². The first-order chi connectivity index (χ1) is 18.3.